The van der Waals surface area contributed by atoms with Crippen LogP contribution in [0.2, 0.25) is 0 Å². The number of anilines is 1. The van der Waals surface area contributed by atoms with Crippen LogP contribution in [0.15, 0.2) is 54.7 Å². The Bertz CT molecular complexity index is 787. The fourth-order valence-corrected chi connectivity index (χ4v) is 2.06. The van der Waals surface area contributed by atoms with E-state index in [1.807, 2.05) is 36.4 Å². The van der Waals surface area contributed by atoms with Crippen molar-refractivity contribution in [3.8, 4) is 0 Å². The summed E-state index contributed by atoms with van der Waals surface area (Å²) in [6, 6.07) is 15.0. The highest BCUT2D eigenvalue weighted by molar-refractivity contribution is 5.97. The first-order valence-corrected chi connectivity index (χ1v) is 6.57. The van der Waals surface area contributed by atoms with Crippen molar-refractivity contribution in [3.05, 3.63) is 65.9 Å². The van der Waals surface area contributed by atoms with Gasteiger partial charge in [-0.3, -0.25) is 4.79 Å². The number of nitrogen functional groups attached to an aromatic ring is 1. The van der Waals surface area contributed by atoms with Gasteiger partial charge in [0.05, 0.1) is 5.52 Å². The van der Waals surface area contributed by atoms with Crippen molar-refractivity contribution >= 4 is 22.8 Å². The molecular formula is C16H14N4O. The van der Waals surface area contributed by atoms with Gasteiger partial charge in [0.1, 0.15) is 0 Å². The number of nitrogens with two attached hydrogens (primary N) is 1. The molecular weight excluding hydrogens is 264 g/mol. The molecule has 0 aliphatic carbocycles. The second kappa shape index (κ2) is 5.58. The van der Waals surface area contributed by atoms with Gasteiger partial charge in [-0.25, -0.2) is 9.97 Å². The van der Waals surface area contributed by atoms with Gasteiger partial charge in [0.25, 0.3) is 5.91 Å². The van der Waals surface area contributed by atoms with Gasteiger partial charge in [-0.1, -0.05) is 36.4 Å². The quantitative estimate of drug-likeness (QED) is 0.769. The SMILES string of the molecule is Nc1ncc2ccc(C(=O)NCc3ccccc3)cc2n1. The molecule has 0 saturated carbocycles. The molecule has 5 heteroatoms. The maximum atomic E-state index is 12.2. The van der Waals surface area contributed by atoms with Crippen molar-refractivity contribution in [2.24, 2.45) is 0 Å². The first kappa shape index (κ1) is 13.1. The molecule has 1 amide bonds. The average molecular weight is 278 g/mol. The zero-order valence-electron chi connectivity index (χ0n) is 11.3. The number of rotatable bonds is 3. The summed E-state index contributed by atoms with van der Waals surface area (Å²) >= 11 is 0. The highest BCUT2D eigenvalue weighted by atomic mass is 16.1. The normalized spacial score (nSPS) is 10.5. The van der Waals surface area contributed by atoms with E-state index in [1.54, 1.807) is 18.3 Å². The molecule has 0 unspecified atom stereocenters. The number of carbonyl (C=O) groups is 1. The molecule has 5 nitrogen and oxygen atoms in total. The fraction of sp³-hybridized carbons (Fsp3) is 0.0625. The summed E-state index contributed by atoms with van der Waals surface area (Å²) in [5.74, 6) is 0.0577. The van der Waals surface area contributed by atoms with Gasteiger partial charge in [-0.15, -0.1) is 0 Å². The third-order valence-corrected chi connectivity index (χ3v) is 3.16. The predicted octanol–water partition coefficient (Wildman–Crippen LogP) is 2.14. The van der Waals surface area contributed by atoms with E-state index < -0.39 is 0 Å². The van der Waals surface area contributed by atoms with Gasteiger partial charge >= 0.3 is 0 Å². The molecule has 3 aromatic rings. The Labute approximate surface area is 121 Å². The van der Waals surface area contributed by atoms with Crippen LogP contribution in [0.1, 0.15) is 15.9 Å². The van der Waals surface area contributed by atoms with Crippen molar-refractivity contribution in [3.63, 3.8) is 0 Å². The topological polar surface area (TPSA) is 80.9 Å². The fourth-order valence-electron chi connectivity index (χ4n) is 2.06. The van der Waals surface area contributed by atoms with Crippen molar-refractivity contribution < 1.29 is 4.79 Å². The highest BCUT2D eigenvalue weighted by Crippen LogP contribution is 2.14. The van der Waals surface area contributed by atoms with Crippen LogP contribution < -0.4 is 11.1 Å². The standard InChI is InChI=1S/C16H14N4O/c17-16-19-10-13-7-6-12(8-14(13)20-16)15(21)18-9-11-4-2-1-3-5-11/h1-8,10H,9H2,(H,18,21)(H2,17,19,20). The molecule has 3 rings (SSSR count). The molecule has 104 valence electrons. The van der Waals surface area contributed by atoms with E-state index in [2.05, 4.69) is 15.3 Å². The van der Waals surface area contributed by atoms with Gasteiger partial charge in [0, 0.05) is 23.7 Å². The van der Waals surface area contributed by atoms with E-state index in [-0.39, 0.29) is 11.9 Å². The van der Waals surface area contributed by atoms with E-state index in [0.29, 0.717) is 17.6 Å². The molecule has 3 N–H and O–H groups in total. The highest BCUT2D eigenvalue weighted by Gasteiger charge is 2.07. The third kappa shape index (κ3) is 2.97. The number of hydrogen-bond donors (Lipinski definition) is 2. The molecule has 0 radical (unpaired) electrons. The zero-order chi connectivity index (χ0) is 14.7. The van der Waals surface area contributed by atoms with Gasteiger partial charge in [0.2, 0.25) is 5.95 Å². The molecule has 2 aromatic carbocycles. The Kier molecular flexibility index (Phi) is 3.47. The Morgan fingerprint density at radius 3 is 2.76 bits per heavy atom. The van der Waals surface area contributed by atoms with Crippen molar-refractivity contribution in [1.29, 1.82) is 0 Å². The van der Waals surface area contributed by atoms with Crippen LogP contribution in [-0.4, -0.2) is 15.9 Å². The molecule has 1 aromatic heterocycles. The number of nitrogens with one attached hydrogen (secondary N) is 1. The maximum Gasteiger partial charge on any atom is 0.251 e. The van der Waals surface area contributed by atoms with Crippen LogP contribution in [0.4, 0.5) is 5.95 Å². The number of carbonyl (C=O) groups excluding carboxylic acids is 1. The Balaban J connectivity index is 1.78. The average Bonchev–Trinajstić information content (AvgIpc) is 2.53. The summed E-state index contributed by atoms with van der Waals surface area (Å²) in [5, 5.41) is 3.73. The summed E-state index contributed by atoms with van der Waals surface area (Å²) in [7, 11) is 0. The van der Waals surface area contributed by atoms with Crippen LogP contribution in [-0.2, 0) is 6.54 Å². The van der Waals surface area contributed by atoms with Gasteiger partial charge in [0.15, 0.2) is 0 Å². The summed E-state index contributed by atoms with van der Waals surface area (Å²) in [6.07, 6.45) is 1.64. The zero-order valence-corrected chi connectivity index (χ0v) is 11.3. The molecule has 0 aliphatic rings. The lowest BCUT2D eigenvalue weighted by molar-refractivity contribution is 0.0951. The molecule has 0 fully saturated rings. The first-order chi connectivity index (χ1) is 10.2. The smallest absolute Gasteiger partial charge is 0.251 e. The van der Waals surface area contributed by atoms with Crippen LogP contribution >= 0.6 is 0 Å². The number of nitrogens with zero attached hydrogens (tertiary/aromatic N) is 2. The van der Waals surface area contributed by atoms with Gasteiger partial charge < -0.3 is 11.1 Å². The summed E-state index contributed by atoms with van der Waals surface area (Å²) in [6.45, 7) is 0.490. The van der Waals surface area contributed by atoms with Crippen LogP contribution in [0.5, 0.6) is 0 Å². The first-order valence-electron chi connectivity index (χ1n) is 6.57. The summed E-state index contributed by atoms with van der Waals surface area (Å²) in [4.78, 5) is 20.2. The van der Waals surface area contributed by atoms with E-state index in [1.165, 1.54) is 0 Å². The number of benzene rings is 2. The van der Waals surface area contributed by atoms with Crippen LogP contribution in [0.3, 0.4) is 0 Å². The monoisotopic (exact) mass is 278 g/mol. The van der Waals surface area contributed by atoms with Crippen molar-refractivity contribution in [2.75, 3.05) is 5.73 Å². The molecule has 0 saturated heterocycles. The van der Waals surface area contributed by atoms with Crippen LogP contribution in [0, 0.1) is 0 Å². The lowest BCUT2D eigenvalue weighted by Gasteiger charge is -2.06. The molecule has 1 heterocycles. The lowest BCUT2D eigenvalue weighted by Crippen LogP contribution is -2.22. The predicted molar refractivity (Wildman–Crippen MR) is 81.6 cm³/mol. The summed E-state index contributed by atoms with van der Waals surface area (Å²) < 4.78 is 0. The Morgan fingerprint density at radius 1 is 1.14 bits per heavy atom. The second-order valence-corrected chi connectivity index (χ2v) is 4.67. The molecule has 0 atom stereocenters. The minimum absolute atomic E-state index is 0.141. The Hall–Kier alpha value is -2.95. The van der Waals surface area contributed by atoms with Gasteiger partial charge in [-0.2, -0.15) is 0 Å². The second-order valence-electron chi connectivity index (χ2n) is 4.67. The van der Waals surface area contributed by atoms with Crippen LogP contribution in [0.25, 0.3) is 10.9 Å². The number of fused-ring (bicyclic) bond motifs is 1. The number of aromatic nitrogens is 2. The largest absolute Gasteiger partial charge is 0.368 e. The minimum Gasteiger partial charge on any atom is -0.368 e. The molecule has 0 bridgehead atoms. The minimum atomic E-state index is -0.141. The van der Waals surface area contributed by atoms with Crippen molar-refractivity contribution in [1.82, 2.24) is 15.3 Å². The number of amides is 1. The van der Waals surface area contributed by atoms with Gasteiger partial charge in [-0.05, 0) is 17.7 Å². The van der Waals surface area contributed by atoms with E-state index in [4.69, 9.17) is 5.73 Å². The Morgan fingerprint density at radius 2 is 1.95 bits per heavy atom. The van der Waals surface area contributed by atoms with E-state index in [9.17, 15) is 4.79 Å². The number of hydrogen-bond acceptors (Lipinski definition) is 4. The summed E-state index contributed by atoms with van der Waals surface area (Å²) in [5.41, 5.74) is 7.83. The molecule has 21 heavy (non-hydrogen) atoms. The van der Waals surface area contributed by atoms with E-state index >= 15 is 0 Å². The molecule has 0 aliphatic heterocycles. The maximum absolute atomic E-state index is 12.2. The third-order valence-electron chi connectivity index (χ3n) is 3.16. The lowest BCUT2D eigenvalue weighted by atomic mass is 10.1. The van der Waals surface area contributed by atoms with Crippen molar-refractivity contribution in [2.45, 2.75) is 6.54 Å². The van der Waals surface area contributed by atoms with E-state index in [0.717, 1.165) is 10.9 Å². The molecule has 0 spiro atoms.